The minimum absolute atomic E-state index is 0.349. The maximum atomic E-state index is 11.9. The summed E-state index contributed by atoms with van der Waals surface area (Å²) in [7, 11) is 1.61. The van der Waals surface area contributed by atoms with Crippen molar-refractivity contribution in [1.29, 1.82) is 0 Å². The molecule has 2 heterocycles. The number of carbonyl (C=O) groups is 2. The highest BCUT2D eigenvalue weighted by molar-refractivity contribution is 8.18. The van der Waals surface area contributed by atoms with Crippen LogP contribution in [0.3, 0.4) is 0 Å². The lowest BCUT2D eigenvalue weighted by atomic mass is 10.1. The molecule has 0 bridgehead atoms. The lowest BCUT2D eigenvalue weighted by molar-refractivity contribution is -0.115. The molecule has 1 N–H and O–H groups in total. The van der Waals surface area contributed by atoms with Crippen LogP contribution in [-0.2, 0) is 4.79 Å². The molecule has 3 aromatic rings. The number of nitrogens with zero attached hydrogens (tertiary/aromatic N) is 2. The first-order chi connectivity index (χ1) is 13.1. The molecule has 7 heteroatoms. The summed E-state index contributed by atoms with van der Waals surface area (Å²) in [5.74, 6) is 0.357. The zero-order valence-corrected chi connectivity index (χ0v) is 15.2. The number of aromatic nitrogens is 2. The summed E-state index contributed by atoms with van der Waals surface area (Å²) in [6.07, 6.45) is 3.54. The second-order valence-corrected chi connectivity index (χ2v) is 6.81. The summed E-state index contributed by atoms with van der Waals surface area (Å²) >= 11 is 0.888. The van der Waals surface area contributed by atoms with Crippen LogP contribution in [0, 0.1) is 0 Å². The van der Waals surface area contributed by atoms with Gasteiger partial charge in [0.05, 0.1) is 23.4 Å². The van der Waals surface area contributed by atoms with Gasteiger partial charge in [0.2, 0.25) is 0 Å². The van der Waals surface area contributed by atoms with E-state index in [4.69, 9.17) is 9.84 Å². The third-order valence-electron chi connectivity index (χ3n) is 4.06. The zero-order chi connectivity index (χ0) is 18.8. The van der Waals surface area contributed by atoms with Crippen LogP contribution < -0.4 is 10.1 Å². The van der Waals surface area contributed by atoms with Gasteiger partial charge in [0, 0.05) is 17.3 Å². The standard InChI is InChI=1S/C20H15N3O3S/c1-26-16-9-7-13(8-10-16)18-14(11-17-19(24)21-20(25)27-17)12-23(22-18)15-5-3-2-4-6-15/h2-12H,1H3,(H,21,24,25)/b17-11+. The van der Waals surface area contributed by atoms with Crippen molar-refractivity contribution in [2.24, 2.45) is 0 Å². The summed E-state index contributed by atoms with van der Waals surface area (Å²) < 4.78 is 6.97. The van der Waals surface area contributed by atoms with Crippen LogP contribution in [0.5, 0.6) is 5.75 Å². The smallest absolute Gasteiger partial charge is 0.290 e. The molecular formula is C20H15N3O3S. The molecule has 0 atom stereocenters. The third-order valence-corrected chi connectivity index (χ3v) is 4.87. The molecule has 4 rings (SSSR count). The summed E-state index contributed by atoms with van der Waals surface area (Å²) in [6.45, 7) is 0. The molecule has 0 radical (unpaired) electrons. The van der Waals surface area contributed by atoms with Gasteiger partial charge in [0.1, 0.15) is 5.75 Å². The van der Waals surface area contributed by atoms with Crippen LogP contribution >= 0.6 is 11.8 Å². The van der Waals surface area contributed by atoms with Crippen molar-refractivity contribution in [3.63, 3.8) is 0 Å². The van der Waals surface area contributed by atoms with Gasteiger partial charge in [-0.2, -0.15) is 5.10 Å². The van der Waals surface area contributed by atoms with Gasteiger partial charge in [-0.05, 0) is 54.2 Å². The molecular weight excluding hydrogens is 362 g/mol. The van der Waals surface area contributed by atoms with Crippen molar-refractivity contribution in [3.05, 3.63) is 71.3 Å². The fourth-order valence-electron chi connectivity index (χ4n) is 2.74. The first kappa shape index (κ1) is 17.1. The normalized spacial score (nSPS) is 15.2. The first-order valence-corrected chi connectivity index (χ1v) is 9.00. The average molecular weight is 377 g/mol. The molecule has 134 valence electrons. The first-order valence-electron chi connectivity index (χ1n) is 8.18. The maximum Gasteiger partial charge on any atom is 0.290 e. The Morgan fingerprint density at radius 3 is 2.44 bits per heavy atom. The molecule has 2 amide bonds. The van der Waals surface area contributed by atoms with Gasteiger partial charge in [-0.1, -0.05) is 18.2 Å². The minimum Gasteiger partial charge on any atom is -0.497 e. The monoisotopic (exact) mass is 377 g/mol. The quantitative estimate of drug-likeness (QED) is 0.699. The Morgan fingerprint density at radius 1 is 1.07 bits per heavy atom. The van der Waals surface area contributed by atoms with E-state index >= 15 is 0 Å². The lowest BCUT2D eigenvalue weighted by Gasteiger charge is -2.03. The second-order valence-electron chi connectivity index (χ2n) is 5.79. The molecule has 0 saturated carbocycles. The van der Waals surface area contributed by atoms with Crippen molar-refractivity contribution in [3.8, 4) is 22.7 Å². The van der Waals surface area contributed by atoms with Crippen molar-refractivity contribution < 1.29 is 14.3 Å². The fourth-order valence-corrected chi connectivity index (χ4v) is 3.41. The van der Waals surface area contributed by atoms with Crippen LogP contribution in [0.25, 0.3) is 23.0 Å². The number of thioether (sulfide) groups is 1. The van der Waals surface area contributed by atoms with Crippen molar-refractivity contribution in [2.75, 3.05) is 7.11 Å². The number of benzene rings is 2. The summed E-state index contributed by atoms with van der Waals surface area (Å²) in [4.78, 5) is 23.7. The SMILES string of the molecule is COc1ccc(-c2nn(-c3ccccc3)cc2/C=C2/SC(=O)NC2=O)cc1. The number of amides is 2. The predicted molar refractivity (Wildman–Crippen MR) is 105 cm³/mol. The highest BCUT2D eigenvalue weighted by Gasteiger charge is 2.26. The van der Waals surface area contributed by atoms with Gasteiger partial charge < -0.3 is 4.74 Å². The van der Waals surface area contributed by atoms with Crippen LogP contribution in [0.15, 0.2) is 65.7 Å². The summed E-state index contributed by atoms with van der Waals surface area (Å²) in [6, 6.07) is 17.2. The Balaban J connectivity index is 1.82. The van der Waals surface area contributed by atoms with Crippen molar-refractivity contribution in [2.45, 2.75) is 0 Å². The predicted octanol–water partition coefficient (Wildman–Crippen LogP) is 3.87. The van der Waals surface area contributed by atoms with E-state index in [0.29, 0.717) is 10.6 Å². The number of imide groups is 1. The Hall–Kier alpha value is -3.32. The van der Waals surface area contributed by atoms with E-state index < -0.39 is 5.91 Å². The molecule has 0 unspecified atom stereocenters. The molecule has 1 aromatic heterocycles. The van der Waals surface area contributed by atoms with Gasteiger partial charge in [0.25, 0.3) is 11.1 Å². The largest absolute Gasteiger partial charge is 0.497 e. The van der Waals surface area contributed by atoms with Gasteiger partial charge in [0.15, 0.2) is 0 Å². The number of rotatable bonds is 4. The Bertz CT molecular complexity index is 1040. The minimum atomic E-state index is -0.391. The number of ether oxygens (including phenoxy) is 1. The molecule has 0 spiro atoms. The maximum absolute atomic E-state index is 11.9. The van der Waals surface area contributed by atoms with E-state index in [1.807, 2.05) is 60.8 Å². The van der Waals surface area contributed by atoms with Gasteiger partial charge in [-0.3, -0.25) is 14.9 Å². The topological polar surface area (TPSA) is 73.2 Å². The number of hydrogen-bond acceptors (Lipinski definition) is 5. The van der Waals surface area contributed by atoms with E-state index in [0.717, 1.165) is 34.3 Å². The third kappa shape index (κ3) is 3.50. The fraction of sp³-hybridized carbons (Fsp3) is 0.0500. The Kier molecular flexibility index (Phi) is 4.52. The van der Waals surface area contributed by atoms with E-state index in [-0.39, 0.29) is 5.24 Å². The highest BCUT2D eigenvalue weighted by atomic mass is 32.2. The molecule has 1 aliphatic rings. The Morgan fingerprint density at radius 2 is 1.81 bits per heavy atom. The van der Waals surface area contributed by atoms with Crippen LogP contribution in [0.2, 0.25) is 0 Å². The van der Waals surface area contributed by atoms with E-state index in [2.05, 4.69) is 5.32 Å². The lowest BCUT2D eigenvalue weighted by Crippen LogP contribution is -2.17. The summed E-state index contributed by atoms with van der Waals surface area (Å²) in [5, 5.41) is 6.60. The molecule has 1 aliphatic heterocycles. The van der Waals surface area contributed by atoms with E-state index in [9.17, 15) is 9.59 Å². The van der Waals surface area contributed by atoms with Gasteiger partial charge in [-0.25, -0.2) is 4.68 Å². The van der Waals surface area contributed by atoms with Crippen molar-refractivity contribution in [1.82, 2.24) is 15.1 Å². The van der Waals surface area contributed by atoms with E-state index in [1.54, 1.807) is 17.9 Å². The molecule has 6 nitrogen and oxygen atoms in total. The van der Waals surface area contributed by atoms with E-state index in [1.165, 1.54) is 0 Å². The highest BCUT2D eigenvalue weighted by Crippen LogP contribution is 2.31. The molecule has 2 aromatic carbocycles. The van der Waals surface area contributed by atoms with Gasteiger partial charge >= 0.3 is 0 Å². The number of hydrogen-bond donors (Lipinski definition) is 1. The average Bonchev–Trinajstić information content (AvgIpc) is 3.25. The number of para-hydroxylation sites is 1. The molecule has 0 aliphatic carbocycles. The number of methoxy groups -OCH3 is 1. The zero-order valence-electron chi connectivity index (χ0n) is 14.4. The summed E-state index contributed by atoms with van der Waals surface area (Å²) in [5.41, 5.74) is 3.24. The number of nitrogens with one attached hydrogen (secondary N) is 1. The Labute approximate surface area is 159 Å². The van der Waals surface area contributed by atoms with Crippen LogP contribution in [-0.4, -0.2) is 28.0 Å². The van der Waals surface area contributed by atoms with Crippen LogP contribution in [0.1, 0.15) is 5.56 Å². The van der Waals surface area contributed by atoms with Crippen LogP contribution in [0.4, 0.5) is 4.79 Å². The molecule has 1 fully saturated rings. The molecule has 1 saturated heterocycles. The number of carbonyl (C=O) groups excluding carboxylic acids is 2. The van der Waals surface area contributed by atoms with Gasteiger partial charge in [-0.15, -0.1) is 0 Å². The second kappa shape index (κ2) is 7.13. The molecule has 27 heavy (non-hydrogen) atoms. The van der Waals surface area contributed by atoms with Crippen molar-refractivity contribution >= 4 is 29.0 Å².